The number of carbonyl (C=O) groups is 1. The topological polar surface area (TPSA) is 44.1 Å². The van der Waals surface area contributed by atoms with E-state index in [2.05, 4.69) is 21.0 Å². The second-order valence-electron chi connectivity index (χ2n) is 4.43. The Labute approximate surface area is 130 Å². The quantitative estimate of drug-likeness (QED) is 0.824. The van der Waals surface area contributed by atoms with E-state index in [1.165, 1.54) is 0 Å². The van der Waals surface area contributed by atoms with E-state index in [1.807, 2.05) is 14.0 Å². The van der Waals surface area contributed by atoms with Crippen molar-refractivity contribution in [1.29, 1.82) is 0 Å². The fraction of sp³-hybridized carbons (Fsp3) is 0.286. The van der Waals surface area contributed by atoms with Gasteiger partial charge in [0.25, 0.3) is 0 Å². The predicted molar refractivity (Wildman–Crippen MR) is 81.3 cm³/mol. The summed E-state index contributed by atoms with van der Waals surface area (Å²) in [5.41, 5.74) is 1.72. The molecular weight excluding hydrogens is 344 g/mol. The Morgan fingerprint density at radius 3 is 2.85 bits per heavy atom. The molecule has 0 unspecified atom stereocenters. The maximum Gasteiger partial charge on any atom is 0.176 e. The van der Waals surface area contributed by atoms with Gasteiger partial charge in [-0.05, 0) is 41.1 Å². The Morgan fingerprint density at radius 2 is 2.25 bits per heavy atom. The Kier molecular flexibility index (Phi) is 4.83. The van der Waals surface area contributed by atoms with Gasteiger partial charge >= 0.3 is 0 Å². The summed E-state index contributed by atoms with van der Waals surface area (Å²) in [6.07, 6.45) is 0.276. The number of hydrogen-bond acceptors (Lipinski definition) is 3. The molecule has 2 rings (SSSR count). The van der Waals surface area contributed by atoms with Crippen LogP contribution in [0.25, 0.3) is 0 Å². The minimum absolute atomic E-state index is 0.0109. The van der Waals surface area contributed by atoms with Crippen molar-refractivity contribution in [3.05, 3.63) is 45.1 Å². The number of halogens is 2. The van der Waals surface area contributed by atoms with Gasteiger partial charge in [0, 0.05) is 12.1 Å². The van der Waals surface area contributed by atoms with Gasteiger partial charge in [-0.1, -0.05) is 17.7 Å². The van der Waals surface area contributed by atoms with Gasteiger partial charge in [-0.2, -0.15) is 5.10 Å². The van der Waals surface area contributed by atoms with E-state index in [4.69, 9.17) is 16.3 Å². The molecule has 1 aromatic heterocycles. The number of aryl methyl sites for hydroxylation is 2. The number of rotatable bonds is 5. The van der Waals surface area contributed by atoms with Gasteiger partial charge in [0.05, 0.1) is 22.3 Å². The van der Waals surface area contributed by atoms with Crippen LogP contribution < -0.4 is 4.74 Å². The summed E-state index contributed by atoms with van der Waals surface area (Å²) in [6, 6.07) is 6.98. The highest BCUT2D eigenvalue weighted by molar-refractivity contribution is 9.10. The highest BCUT2D eigenvalue weighted by Gasteiger charge is 2.14. The lowest BCUT2D eigenvalue weighted by Crippen LogP contribution is -2.16. The molecule has 106 valence electrons. The zero-order valence-corrected chi connectivity index (χ0v) is 13.5. The molecule has 2 aromatic rings. The van der Waals surface area contributed by atoms with E-state index in [0.29, 0.717) is 10.8 Å². The van der Waals surface area contributed by atoms with Gasteiger partial charge in [0.15, 0.2) is 5.78 Å². The standard InChI is InChI=1S/C14H14BrClN2O2/c1-9-14(15)13(18(2)17-9)7-11(19)8-20-12-5-3-4-10(16)6-12/h3-6H,7-8H2,1-2H3. The Morgan fingerprint density at radius 1 is 1.50 bits per heavy atom. The van der Waals surface area contributed by atoms with Crippen LogP contribution in [0.1, 0.15) is 11.4 Å². The van der Waals surface area contributed by atoms with Gasteiger partial charge in [-0.15, -0.1) is 0 Å². The molecule has 0 aliphatic heterocycles. The van der Waals surface area contributed by atoms with E-state index >= 15 is 0 Å². The minimum Gasteiger partial charge on any atom is -0.486 e. The molecule has 0 aliphatic carbocycles. The summed E-state index contributed by atoms with van der Waals surface area (Å²) in [5, 5.41) is 4.84. The summed E-state index contributed by atoms with van der Waals surface area (Å²) in [7, 11) is 1.82. The van der Waals surface area contributed by atoms with Crippen LogP contribution in [0.3, 0.4) is 0 Å². The summed E-state index contributed by atoms with van der Waals surface area (Å²) < 4.78 is 8.00. The van der Waals surface area contributed by atoms with Gasteiger partial charge in [0.1, 0.15) is 12.4 Å². The molecule has 0 saturated heterocycles. The molecule has 0 saturated carbocycles. The number of ether oxygens (including phenoxy) is 1. The number of aromatic nitrogens is 2. The van der Waals surface area contributed by atoms with Crippen molar-refractivity contribution in [2.24, 2.45) is 7.05 Å². The SMILES string of the molecule is Cc1nn(C)c(CC(=O)COc2cccc(Cl)c2)c1Br. The summed E-state index contributed by atoms with van der Waals surface area (Å²) >= 11 is 9.29. The van der Waals surface area contributed by atoms with E-state index < -0.39 is 0 Å². The summed E-state index contributed by atoms with van der Waals surface area (Å²) in [5.74, 6) is 0.569. The van der Waals surface area contributed by atoms with Crippen LogP contribution >= 0.6 is 27.5 Å². The molecule has 20 heavy (non-hydrogen) atoms. The average molecular weight is 358 g/mol. The first-order valence-corrected chi connectivity index (χ1v) is 7.22. The van der Waals surface area contributed by atoms with Crippen LogP contribution in [0.2, 0.25) is 5.02 Å². The van der Waals surface area contributed by atoms with Gasteiger partial charge in [-0.3, -0.25) is 9.48 Å². The van der Waals surface area contributed by atoms with Crippen molar-refractivity contribution < 1.29 is 9.53 Å². The Balaban J connectivity index is 1.96. The molecular formula is C14H14BrClN2O2. The lowest BCUT2D eigenvalue weighted by molar-refractivity contribution is -0.120. The fourth-order valence-electron chi connectivity index (χ4n) is 1.83. The molecule has 0 amide bonds. The fourth-order valence-corrected chi connectivity index (χ4v) is 2.49. The maximum atomic E-state index is 12.0. The van der Waals surface area contributed by atoms with E-state index in [9.17, 15) is 4.79 Å². The summed E-state index contributed by atoms with van der Waals surface area (Å²) in [4.78, 5) is 12.0. The molecule has 0 N–H and O–H groups in total. The number of ketones is 1. The third kappa shape index (κ3) is 3.61. The van der Waals surface area contributed by atoms with Crippen molar-refractivity contribution in [3.63, 3.8) is 0 Å². The molecule has 0 atom stereocenters. The number of carbonyl (C=O) groups excluding carboxylic acids is 1. The monoisotopic (exact) mass is 356 g/mol. The van der Waals surface area contributed by atoms with Crippen LogP contribution in [0.5, 0.6) is 5.75 Å². The highest BCUT2D eigenvalue weighted by Crippen LogP contribution is 2.21. The van der Waals surface area contributed by atoms with E-state index in [-0.39, 0.29) is 18.8 Å². The zero-order valence-electron chi connectivity index (χ0n) is 11.2. The second-order valence-corrected chi connectivity index (χ2v) is 5.66. The lowest BCUT2D eigenvalue weighted by atomic mass is 10.2. The number of hydrogen-bond donors (Lipinski definition) is 0. The van der Waals surface area contributed by atoms with Crippen LogP contribution in [-0.2, 0) is 18.3 Å². The molecule has 0 aliphatic rings. The first-order chi connectivity index (χ1) is 9.47. The smallest absolute Gasteiger partial charge is 0.176 e. The van der Waals surface area contributed by atoms with Crippen molar-refractivity contribution >= 4 is 33.3 Å². The normalized spacial score (nSPS) is 10.6. The largest absolute Gasteiger partial charge is 0.486 e. The molecule has 6 heteroatoms. The average Bonchev–Trinajstić information content (AvgIpc) is 2.63. The van der Waals surface area contributed by atoms with Crippen LogP contribution in [0.15, 0.2) is 28.7 Å². The Hall–Kier alpha value is -1.33. The molecule has 0 fully saturated rings. The van der Waals surface area contributed by atoms with Crippen molar-refractivity contribution in [2.45, 2.75) is 13.3 Å². The third-order valence-corrected chi connectivity index (χ3v) is 4.09. The molecule has 0 spiro atoms. The molecule has 1 heterocycles. The van der Waals surface area contributed by atoms with Crippen molar-refractivity contribution in [1.82, 2.24) is 9.78 Å². The van der Waals surface area contributed by atoms with Crippen LogP contribution in [-0.4, -0.2) is 22.2 Å². The lowest BCUT2D eigenvalue weighted by Gasteiger charge is -2.06. The number of Topliss-reactive ketones (excluding diaryl/α,β-unsaturated/α-hetero) is 1. The van der Waals surface area contributed by atoms with Crippen molar-refractivity contribution in [2.75, 3.05) is 6.61 Å². The van der Waals surface area contributed by atoms with Crippen molar-refractivity contribution in [3.8, 4) is 5.75 Å². The zero-order chi connectivity index (χ0) is 14.7. The minimum atomic E-state index is -0.0197. The first kappa shape index (κ1) is 15.1. The van der Waals surface area contributed by atoms with Gasteiger partial charge in [-0.25, -0.2) is 0 Å². The number of nitrogens with zero attached hydrogens (tertiary/aromatic N) is 2. The number of benzene rings is 1. The summed E-state index contributed by atoms with van der Waals surface area (Å²) in [6.45, 7) is 1.90. The molecule has 4 nitrogen and oxygen atoms in total. The van der Waals surface area contributed by atoms with E-state index in [1.54, 1.807) is 28.9 Å². The second kappa shape index (κ2) is 6.41. The van der Waals surface area contributed by atoms with Crippen LogP contribution in [0.4, 0.5) is 0 Å². The molecule has 1 aromatic carbocycles. The molecule has 0 radical (unpaired) electrons. The predicted octanol–water partition coefficient (Wildman–Crippen LogP) is 3.34. The third-order valence-electron chi connectivity index (χ3n) is 2.82. The maximum absolute atomic E-state index is 12.0. The van der Waals surface area contributed by atoms with Gasteiger partial charge in [0.2, 0.25) is 0 Å². The first-order valence-electron chi connectivity index (χ1n) is 6.05. The van der Waals surface area contributed by atoms with Crippen LogP contribution in [0, 0.1) is 6.92 Å². The molecule has 0 bridgehead atoms. The van der Waals surface area contributed by atoms with Gasteiger partial charge < -0.3 is 4.74 Å². The highest BCUT2D eigenvalue weighted by atomic mass is 79.9. The van der Waals surface area contributed by atoms with E-state index in [0.717, 1.165) is 15.9 Å². The Bertz CT molecular complexity index is 640.